The van der Waals surface area contributed by atoms with Crippen molar-refractivity contribution in [2.45, 2.75) is 13.0 Å². The number of nitrogens with one attached hydrogen (secondary N) is 1. The highest BCUT2D eigenvalue weighted by Gasteiger charge is 2.30. The monoisotopic (exact) mass is 396 g/mol. The first-order chi connectivity index (χ1) is 11.0. The van der Waals surface area contributed by atoms with Gasteiger partial charge in [-0.3, -0.25) is 4.79 Å². The topological polar surface area (TPSA) is 77.5 Å². The maximum atomic E-state index is 11.8. The summed E-state index contributed by atoms with van der Waals surface area (Å²) in [5.41, 5.74) is 1.40. The van der Waals surface area contributed by atoms with Gasteiger partial charge < -0.3 is 14.8 Å². The summed E-state index contributed by atoms with van der Waals surface area (Å²) in [6.07, 6.45) is 0. The van der Waals surface area contributed by atoms with Crippen molar-refractivity contribution < 1.29 is 19.1 Å². The number of thiazole rings is 1. The van der Waals surface area contributed by atoms with Crippen LogP contribution in [-0.4, -0.2) is 30.6 Å². The van der Waals surface area contributed by atoms with Gasteiger partial charge in [-0.15, -0.1) is 11.3 Å². The van der Waals surface area contributed by atoms with Crippen molar-refractivity contribution in [3.05, 3.63) is 32.6 Å². The molecule has 0 saturated carbocycles. The molecule has 0 radical (unpaired) electrons. The van der Waals surface area contributed by atoms with E-state index in [1.54, 1.807) is 0 Å². The Hall–Kier alpha value is -1.93. The number of halogens is 1. The number of methoxy groups -OCH3 is 1. The average molecular weight is 397 g/mol. The molecule has 2 aromatic rings. The van der Waals surface area contributed by atoms with E-state index in [4.69, 9.17) is 9.47 Å². The zero-order valence-electron chi connectivity index (χ0n) is 12.4. The van der Waals surface area contributed by atoms with Crippen molar-refractivity contribution in [3.8, 4) is 17.0 Å². The molecule has 23 heavy (non-hydrogen) atoms. The molecule has 1 amide bonds. The lowest BCUT2D eigenvalue weighted by Crippen LogP contribution is -2.29. The minimum absolute atomic E-state index is 0.176. The van der Waals surface area contributed by atoms with E-state index in [0.29, 0.717) is 11.4 Å². The van der Waals surface area contributed by atoms with Crippen LogP contribution < -0.4 is 10.1 Å². The number of benzene rings is 1. The van der Waals surface area contributed by atoms with Crippen LogP contribution in [0.1, 0.15) is 27.6 Å². The first kappa shape index (κ1) is 15.9. The number of aromatic nitrogens is 1. The number of nitrogens with zero attached hydrogens (tertiary/aromatic N) is 1. The molecule has 6 nitrogen and oxygen atoms in total. The first-order valence-electron chi connectivity index (χ1n) is 6.78. The summed E-state index contributed by atoms with van der Waals surface area (Å²) >= 11 is 4.64. The fraction of sp³-hybridized carbons (Fsp3) is 0.267. The lowest BCUT2D eigenvalue weighted by Gasteiger charge is -2.14. The highest BCUT2D eigenvalue weighted by Crippen LogP contribution is 2.42. The van der Waals surface area contributed by atoms with Gasteiger partial charge in [-0.25, -0.2) is 9.78 Å². The zero-order valence-corrected chi connectivity index (χ0v) is 14.8. The van der Waals surface area contributed by atoms with Crippen molar-refractivity contribution in [1.29, 1.82) is 0 Å². The number of carbonyl (C=O) groups is 2. The Bertz CT molecular complexity index is 790. The number of ether oxygens (including phenoxy) is 2. The Labute approximate surface area is 144 Å². The SMILES string of the molecule is COC(=O)c1nc2c(s1)C(NC(C)=O)COc1ccc(Br)cc1-2. The van der Waals surface area contributed by atoms with Gasteiger partial charge in [0.1, 0.15) is 12.4 Å². The largest absolute Gasteiger partial charge is 0.490 e. The highest BCUT2D eigenvalue weighted by molar-refractivity contribution is 9.10. The molecule has 1 aromatic carbocycles. The number of hydrogen-bond donors (Lipinski definition) is 1. The number of fused-ring (bicyclic) bond motifs is 3. The normalized spacial score (nSPS) is 15.7. The molecule has 0 bridgehead atoms. The van der Waals surface area contributed by atoms with Gasteiger partial charge in [-0.1, -0.05) is 15.9 Å². The molecule has 8 heteroatoms. The van der Waals surface area contributed by atoms with Crippen LogP contribution in [0.5, 0.6) is 5.75 Å². The highest BCUT2D eigenvalue weighted by atomic mass is 79.9. The molecule has 1 atom stereocenters. The van der Waals surface area contributed by atoms with Crippen molar-refractivity contribution >= 4 is 39.1 Å². The molecule has 1 unspecified atom stereocenters. The van der Waals surface area contributed by atoms with E-state index in [9.17, 15) is 9.59 Å². The Morgan fingerprint density at radius 2 is 2.26 bits per heavy atom. The molecule has 0 saturated heterocycles. The van der Waals surface area contributed by atoms with Crippen LogP contribution in [0.15, 0.2) is 22.7 Å². The Morgan fingerprint density at radius 1 is 1.48 bits per heavy atom. The van der Waals surface area contributed by atoms with E-state index in [1.165, 1.54) is 25.4 Å². The second-order valence-corrected chi connectivity index (χ2v) is 6.87. The van der Waals surface area contributed by atoms with Crippen LogP contribution in [0.3, 0.4) is 0 Å². The number of carbonyl (C=O) groups excluding carboxylic acids is 2. The minimum atomic E-state index is -0.498. The summed E-state index contributed by atoms with van der Waals surface area (Å²) in [6, 6.07) is 5.21. The van der Waals surface area contributed by atoms with Gasteiger partial charge in [0.15, 0.2) is 0 Å². The van der Waals surface area contributed by atoms with Crippen LogP contribution >= 0.6 is 27.3 Å². The van der Waals surface area contributed by atoms with Crippen LogP contribution in [0.2, 0.25) is 0 Å². The molecule has 1 N–H and O–H groups in total. The van der Waals surface area contributed by atoms with E-state index >= 15 is 0 Å². The van der Waals surface area contributed by atoms with E-state index in [2.05, 4.69) is 26.2 Å². The van der Waals surface area contributed by atoms with Crippen molar-refractivity contribution in [2.75, 3.05) is 13.7 Å². The quantitative estimate of drug-likeness (QED) is 0.789. The molecule has 3 rings (SSSR count). The molecule has 1 aliphatic rings. The zero-order chi connectivity index (χ0) is 16.6. The second kappa shape index (κ2) is 6.29. The minimum Gasteiger partial charge on any atom is -0.490 e. The van der Waals surface area contributed by atoms with Crippen molar-refractivity contribution in [2.24, 2.45) is 0 Å². The summed E-state index contributed by atoms with van der Waals surface area (Å²) in [7, 11) is 1.31. The second-order valence-electron chi connectivity index (χ2n) is 4.93. The third kappa shape index (κ3) is 3.09. The average Bonchev–Trinajstić information content (AvgIpc) is 2.91. The predicted octanol–water partition coefficient (Wildman–Crippen LogP) is 2.93. The Kier molecular flexibility index (Phi) is 4.36. The van der Waals surface area contributed by atoms with Gasteiger partial charge in [-0.05, 0) is 18.2 Å². The molecule has 0 fully saturated rings. The van der Waals surface area contributed by atoms with Gasteiger partial charge in [0.2, 0.25) is 10.9 Å². The summed E-state index contributed by atoms with van der Waals surface area (Å²) in [4.78, 5) is 28.5. The third-order valence-electron chi connectivity index (χ3n) is 3.31. The van der Waals surface area contributed by atoms with Gasteiger partial charge in [0.05, 0.1) is 23.7 Å². The van der Waals surface area contributed by atoms with Crippen LogP contribution in [-0.2, 0) is 9.53 Å². The molecule has 2 heterocycles. The van der Waals surface area contributed by atoms with E-state index in [0.717, 1.165) is 14.9 Å². The molecular weight excluding hydrogens is 384 g/mol. The fourth-order valence-corrected chi connectivity index (χ4v) is 3.74. The molecule has 120 valence electrons. The Morgan fingerprint density at radius 3 is 2.96 bits per heavy atom. The van der Waals surface area contributed by atoms with E-state index in [1.807, 2.05) is 18.2 Å². The number of esters is 1. The fourth-order valence-electron chi connectivity index (χ4n) is 2.35. The summed E-state index contributed by atoms with van der Waals surface area (Å²) in [5, 5.41) is 3.09. The van der Waals surface area contributed by atoms with Gasteiger partial charge in [0.25, 0.3) is 0 Å². The standard InChI is InChI=1S/C15H13BrN2O4S/c1-7(19)17-10-6-22-11-4-3-8(16)5-9(11)12-13(10)23-14(18-12)15(20)21-2/h3-5,10H,6H2,1-2H3,(H,17,19). The summed E-state index contributed by atoms with van der Waals surface area (Å²) in [6.45, 7) is 1.71. The van der Waals surface area contributed by atoms with E-state index < -0.39 is 5.97 Å². The molecule has 1 aromatic heterocycles. The summed E-state index contributed by atoms with van der Waals surface area (Å²) in [5.74, 6) is -0.0177. The Balaban J connectivity index is 2.17. The van der Waals surface area contributed by atoms with Gasteiger partial charge in [-0.2, -0.15) is 0 Å². The van der Waals surface area contributed by atoms with Crippen LogP contribution in [0, 0.1) is 0 Å². The first-order valence-corrected chi connectivity index (χ1v) is 8.39. The maximum Gasteiger partial charge on any atom is 0.367 e. The number of hydrogen-bond acceptors (Lipinski definition) is 6. The van der Waals surface area contributed by atoms with Crippen molar-refractivity contribution in [3.63, 3.8) is 0 Å². The maximum absolute atomic E-state index is 11.8. The number of amides is 1. The van der Waals surface area contributed by atoms with Gasteiger partial charge in [0, 0.05) is 17.0 Å². The summed E-state index contributed by atoms with van der Waals surface area (Å²) < 4.78 is 11.4. The lowest BCUT2D eigenvalue weighted by atomic mass is 10.1. The molecule has 0 aliphatic carbocycles. The lowest BCUT2D eigenvalue weighted by molar-refractivity contribution is -0.119. The van der Waals surface area contributed by atoms with Gasteiger partial charge >= 0.3 is 5.97 Å². The smallest absolute Gasteiger partial charge is 0.367 e. The predicted molar refractivity (Wildman–Crippen MR) is 88.6 cm³/mol. The molecular formula is C15H13BrN2O4S. The molecule has 1 aliphatic heterocycles. The van der Waals surface area contributed by atoms with Crippen molar-refractivity contribution in [1.82, 2.24) is 10.3 Å². The number of rotatable bonds is 2. The van der Waals surface area contributed by atoms with Crippen LogP contribution in [0.25, 0.3) is 11.3 Å². The van der Waals surface area contributed by atoms with E-state index in [-0.39, 0.29) is 23.6 Å². The third-order valence-corrected chi connectivity index (χ3v) is 4.95. The van der Waals surface area contributed by atoms with Crippen LogP contribution in [0.4, 0.5) is 0 Å². The molecule has 0 spiro atoms.